The molecule has 0 bridgehead atoms. The van der Waals surface area contributed by atoms with E-state index in [0.717, 1.165) is 12.0 Å². The van der Waals surface area contributed by atoms with Gasteiger partial charge in [0.25, 0.3) is 0 Å². The van der Waals surface area contributed by atoms with Crippen molar-refractivity contribution in [2.45, 2.75) is 78.3 Å². The van der Waals surface area contributed by atoms with Gasteiger partial charge in [-0.15, -0.1) is 0 Å². The second-order valence-corrected chi connectivity index (χ2v) is 11.1. The van der Waals surface area contributed by atoms with Gasteiger partial charge in [0, 0.05) is 40.7 Å². The molecule has 0 saturated carbocycles. The fourth-order valence-electron chi connectivity index (χ4n) is 4.14. The van der Waals surface area contributed by atoms with Crippen LogP contribution in [0.15, 0.2) is 59.1 Å². The van der Waals surface area contributed by atoms with Crippen LogP contribution in [-0.4, -0.2) is 28.4 Å². The van der Waals surface area contributed by atoms with Gasteiger partial charge in [-0.3, -0.25) is 19.3 Å². The lowest BCUT2D eigenvalue weighted by atomic mass is 9.97. The number of aromatic nitrogens is 1. The van der Waals surface area contributed by atoms with E-state index in [1.165, 1.54) is 4.90 Å². The number of hydrogen-bond donors (Lipinski definition) is 2. The summed E-state index contributed by atoms with van der Waals surface area (Å²) >= 11 is 6.58. The normalized spacial score (nSPS) is 12.9. The maximum Gasteiger partial charge on any atom is 0.248 e. The lowest BCUT2D eigenvalue weighted by molar-refractivity contribution is -0.128. The highest BCUT2D eigenvalue weighted by Crippen LogP contribution is 2.34. The Bertz CT molecular complexity index is 1300. The molecule has 208 valence electrons. The molecule has 2 atom stereocenters. The average Bonchev–Trinajstić information content (AvgIpc) is 3.29. The molecule has 3 amide bonds. The Morgan fingerprint density at radius 1 is 1.05 bits per heavy atom. The van der Waals surface area contributed by atoms with Gasteiger partial charge >= 0.3 is 0 Å². The third-order valence-corrected chi connectivity index (χ3v) is 6.63. The molecule has 2 aromatic carbocycles. The maximum atomic E-state index is 13.9. The Morgan fingerprint density at radius 3 is 2.28 bits per heavy atom. The summed E-state index contributed by atoms with van der Waals surface area (Å²) in [6, 6.07) is 15.1. The van der Waals surface area contributed by atoms with Crippen LogP contribution in [0.25, 0.3) is 0 Å². The minimum Gasteiger partial charge on any atom is -0.360 e. The summed E-state index contributed by atoms with van der Waals surface area (Å²) in [5.74, 6) is 0.0128. The molecular formula is C30H37ClN4O4. The van der Waals surface area contributed by atoms with Crippen LogP contribution < -0.4 is 15.5 Å². The largest absolute Gasteiger partial charge is 0.360 e. The Morgan fingerprint density at radius 2 is 1.72 bits per heavy atom. The van der Waals surface area contributed by atoms with E-state index in [2.05, 4.69) is 29.6 Å². The molecule has 3 rings (SSSR count). The molecule has 3 aromatic rings. The molecular weight excluding hydrogens is 516 g/mol. The quantitative estimate of drug-likeness (QED) is 0.296. The van der Waals surface area contributed by atoms with Crippen LogP contribution >= 0.6 is 11.6 Å². The number of aryl methyl sites for hydroxylation is 1. The van der Waals surface area contributed by atoms with E-state index in [4.69, 9.17) is 16.1 Å². The summed E-state index contributed by atoms with van der Waals surface area (Å²) in [6.07, 6.45) is 0.722. The van der Waals surface area contributed by atoms with Crippen LogP contribution in [0.4, 0.5) is 11.5 Å². The molecule has 2 N–H and O–H groups in total. The summed E-state index contributed by atoms with van der Waals surface area (Å²) in [6.45, 7) is 11.6. The van der Waals surface area contributed by atoms with E-state index in [1.807, 2.05) is 45.0 Å². The van der Waals surface area contributed by atoms with Crippen molar-refractivity contribution in [3.05, 3.63) is 76.5 Å². The fourth-order valence-corrected chi connectivity index (χ4v) is 4.38. The van der Waals surface area contributed by atoms with Crippen molar-refractivity contribution in [3.8, 4) is 0 Å². The molecule has 0 aliphatic heterocycles. The van der Waals surface area contributed by atoms with E-state index < -0.39 is 23.4 Å². The van der Waals surface area contributed by atoms with Gasteiger partial charge in [-0.1, -0.05) is 60.9 Å². The SMILES string of the molecule is CC[C@@H](C)c1ccc(N(C(=O)CCC(=O)Nc2cc(C)on2)[C@@H](C(=O)NC(C)(C)C)c2ccccc2Cl)cc1. The number of amides is 3. The van der Waals surface area contributed by atoms with Crippen molar-refractivity contribution in [2.24, 2.45) is 0 Å². The number of rotatable bonds is 10. The van der Waals surface area contributed by atoms with Gasteiger partial charge in [0.05, 0.1) is 0 Å². The first-order valence-corrected chi connectivity index (χ1v) is 13.5. The Labute approximate surface area is 235 Å². The topological polar surface area (TPSA) is 105 Å². The van der Waals surface area contributed by atoms with Gasteiger partial charge < -0.3 is 15.2 Å². The number of halogens is 1. The van der Waals surface area contributed by atoms with Crippen LogP contribution in [0, 0.1) is 6.92 Å². The van der Waals surface area contributed by atoms with Gasteiger partial charge in [-0.2, -0.15) is 0 Å². The molecule has 8 nitrogen and oxygen atoms in total. The third-order valence-electron chi connectivity index (χ3n) is 6.29. The number of carbonyl (C=O) groups excluding carboxylic acids is 3. The first kappa shape index (κ1) is 29.9. The van der Waals surface area contributed by atoms with E-state index >= 15 is 0 Å². The molecule has 0 fully saturated rings. The highest BCUT2D eigenvalue weighted by Gasteiger charge is 2.35. The second-order valence-electron chi connectivity index (χ2n) is 10.7. The zero-order chi connectivity index (χ0) is 28.7. The molecule has 1 aromatic heterocycles. The first-order chi connectivity index (χ1) is 18.4. The first-order valence-electron chi connectivity index (χ1n) is 13.1. The maximum absolute atomic E-state index is 13.9. The van der Waals surface area contributed by atoms with Crippen molar-refractivity contribution < 1.29 is 18.9 Å². The van der Waals surface area contributed by atoms with Crippen LogP contribution in [-0.2, 0) is 14.4 Å². The summed E-state index contributed by atoms with van der Waals surface area (Å²) in [7, 11) is 0. The highest BCUT2D eigenvalue weighted by molar-refractivity contribution is 6.31. The smallest absolute Gasteiger partial charge is 0.248 e. The number of benzene rings is 2. The summed E-state index contributed by atoms with van der Waals surface area (Å²) in [5, 5.41) is 9.75. The average molecular weight is 553 g/mol. The van der Waals surface area contributed by atoms with Crippen molar-refractivity contribution in [2.75, 3.05) is 10.2 Å². The summed E-state index contributed by atoms with van der Waals surface area (Å²) in [5.41, 5.74) is 1.60. The molecule has 0 spiro atoms. The van der Waals surface area contributed by atoms with Gasteiger partial charge in [-0.25, -0.2) is 0 Å². The van der Waals surface area contributed by atoms with Crippen molar-refractivity contribution in [1.29, 1.82) is 0 Å². The van der Waals surface area contributed by atoms with Gasteiger partial charge in [0.2, 0.25) is 17.7 Å². The van der Waals surface area contributed by atoms with Crippen LogP contribution in [0.5, 0.6) is 0 Å². The predicted molar refractivity (Wildman–Crippen MR) is 154 cm³/mol. The molecule has 0 unspecified atom stereocenters. The second kappa shape index (κ2) is 12.9. The fraction of sp³-hybridized carbons (Fsp3) is 0.400. The standard InChI is InChI=1S/C30H37ClN4O4/c1-7-19(2)21-12-14-22(15-13-21)35(27(37)17-16-26(36)32-25-18-20(3)39-34-25)28(29(38)33-30(4,5)6)23-10-8-9-11-24(23)31/h8-15,18-19,28H,7,16-17H2,1-6H3,(H,33,38)(H,32,34,36)/t19-,28-/m1/s1. The Balaban J connectivity index is 2.00. The number of hydrogen-bond acceptors (Lipinski definition) is 5. The lowest BCUT2D eigenvalue weighted by Crippen LogP contribution is -2.49. The Hall–Kier alpha value is -3.65. The van der Waals surface area contributed by atoms with Crippen molar-refractivity contribution >= 4 is 40.8 Å². The molecule has 39 heavy (non-hydrogen) atoms. The number of nitrogens with one attached hydrogen (secondary N) is 2. The van der Waals surface area contributed by atoms with Gasteiger partial charge in [0.15, 0.2) is 5.82 Å². The summed E-state index contributed by atoms with van der Waals surface area (Å²) in [4.78, 5) is 41.7. The number of nitrogens with zero attached hydrogens (tertiary/aromatic N) is 2. The van der Waals surface area contributed by atoms with Crippen LogP contribution in [0.3, 0.4) is 0 Å². The zero-order valence-electron chi connectivity index (χ0n) is 23.4. The minimum atomic E-state index is -1.05. The van der Waals surface area contributed by atoms with Crippen LogP contribution in [0.2, 0.25) is 5.02 Å². The monoisotopic (exact) mass is 552 g/mol. The third kappa shape index (κ3) is 8.17. The molecule has 0 aliphatic carbocycles. The molecule has 1 heterocycles. The van der Waals surface area contributed by atoms with E-state index in [0.29, 0.717) is 28.0 Å². The van der Waals surface area contributed by atoms with Gasteiger partial charge in [-0.05, 0) is 63.8 Å². The van der Waals surface area contributed by atoms with Crippen molar-refractivity contribution in [3.63, 3.8) is 0 Å². The predicted octanol–water partition coefficient (Wildman–Crippen LogP) is 6.56. The molecule has 0 saturated heterocycles. The molecule has 0 radical (unpaired) electrons. The van der Waals surface area contributed by atoms with Crippen LogP contribution in [0.1, 0.15) is 82.7 Å². The van der Waals surface area contributed by atoms with Gasteiger partial charge in [0.1, 0.15) is 11.8 Å². The minimum absolute atomic E-state index is 0.109. The molecule has 9 heteroatoms. The molecule has 0 aliphatic rings. The lowest BCUT2D eigenvalue weighted by Gasteiger charge is -2.34. The number of carbonyl (C=O) groups is 3. The van der Waals surface area contributed by atoms with E-state index in [9.17, 15) is 14.4 Å². The highest BCUT2D eigenvalue weighted by atomic mass is 35.5. The summed E-state index contributed by atoms with van der Waals surface area (Å²) < 4.78 is 4.98. The van der Waals surface area contributed by atoms with E-state index in [-0.39, 0.29) is 24.6 Å². The Kier molecular flexibility index (Phi) is 9.92. The zero-order valence-corrected chi connectivity index (χ0v) is 24.1. The van der Waals surface area contributed by atoms with Crippen molar-refractivity contribution in [1.82, 2.24) is 10.5 Å². The number of anilines is 2. The van der Waals surface area contributed by atoms with E-state index in [1.54, 1.807) is 37.3 Å².